The fourth-order valence-electron chi connectivity index (χ4n) is 9.87. The van der Waals surface area contributed by atoms with Crippen molar-refractivity contribution in [3.63, 3.8) is 0 Å². The maximum atomic E-state index is 12.9. The third-order valence-corrected chi connectivity index (χ3v) is 18.0. The molecule has 3 N–H and O–H groups in total. The Hall–Kier alpha value is -7.39. The molecule has 3 aliphatic rings. The smallest absolute Gasteiger partial charge is 0.352 e. The van der Waals surface area contributed by atoms with E-state index in [4.69, 9.17) is 51.2 Å². The van der Waals surface area contributed by atoms with Crippen LogP contribution in [0.1, 0.15) is 31.9 Å². The van der Waals surface area contributed by atoms with Crippen molar-refractivity contribution < 1.29 is 32.3 Å². The highest BCUT2D eigenvalue weighted by atomic mass is 35.5. The number of nitrogens with zero attached hydrogens (tertiary/aromatic N) is 12. The third-order valence-electron chi connectivity index (χ3n) is 14.0. The molecule has 9 heterocycles. The second-order valence-corrected chi connectivity index (χ2v) is 24.8. The predicted octanol–water partition coefficient (Wildman–Crippen LogP) is 14.1. The lowest BCUT2D eigenvalue weighted by molar-refractivity contribution is -0.137. The fraction of sp³-hybridized carbons (Fsp3) is 0.298. The lowest BCUT2D eigenvalue weighted by Crippen LogP contribution is -2.55. The number of aromatic nitrogens is 6. The average Bonchev–Trinajstić information content (AvgIpc) is 2.51. The minimum atomic E-state index is -4.42. The van der Waals surface area contributed by atoms with Gasteiger partial charge < -0.3 is 34.2 Å². The van der Waals surface area contributed by atoms with Gasteiger partial charge in [0.2, 0.25) is 0 Å². The van der Waals surface area contributed by atoms with Crippen molar-refractivity contribution in [3.05, 3.63) is 141 Å². The summed E-state index contributed by atoms with van der Waals surface area (Å²) >= 11 is 28.7. The first-order valence-electron chi connectivity index (χ1n) is 26.7. The number of alkyl halides is 3. The van der Waals surface area contributed by atoms with E-state index in [1.807, 2.05) is 97.7 Å². The molecule has 3 saturated heterocycles. The van der Waals surface area contributed by atoms with Gasteiger partial charge in [0, 0.05) is 101 Å². The molecule has 0 unspecified atom stereocenters. The minimum absolute atomic E-state index is 0.0145. The summed E-state index contributed by atoms with van der Waals surface area (Å²) in [5.74, 6) is 2.21. The number of nitrogens with one attached hydrogen (secondary N) is 3. The SMILES string of the molecule is C=O.C[C@@H]1CN(c2ncccc2Cl)CCN1C(=O)Nc1nc2ccc(C(F)(F)F)cc2s1.C[C@@H]1CN(c2ncccc2Cl)CCN1C(=O)Nc1nc2ccc(Cl)cc2s1.Cc1ccc2nc(NC(=O)N3CCN(c4ncccc4Cl)C[C@H]3C)sc2c1. The maximum Gasteiger partial charge on any atom is 0.416 e. The molecule has 0 aliphatic carbocycles. The van der Waals surface area contributed by atoms with Crippen molar-refractivity contribution in [2.75, 3.05) is 89.6 Å². The van der Waals surface area contributed by atoms with Crippen LogP contribution in [0.15, 0.2) is 110 Å². The molecule has 86 heavy (non-hydrogen) atoms. The molecule has 9 aromatic rings. The summed E-state index contributed by atoms with van der Waals surface area (Å²) in [5, 5.41) is 12.5. The summed E-state index contributed by atoms with van der Waals surface area (Å²) in [6, 6.07) is 25.0. The molecule has 3 aromatic carbocycles. The number of pyridine rings is 3. The Morgan fingerprint density at radius 2 is 0.860 bits per heavy atom. The van der Waals surface area contributed by atoms with E-state index in [0.29, 0.717) is 105 Å². The summed E-state index contributed by atoms with van der Waals surface area (Å²) in [4.78, 5) is 84.0. The lowest BCUT2D eigenvalue weighted by atomic mass is 10.2. The largest absolute Gasteiger partial charge is 0.416 e. The van der Waals surface area contributed by atoms with E-state index in [-0.39, 0.29) is 41.4 Å². The van der Waals surface area contributed by atoms with Gasteiger partial charge in [0.15, 0.2) is 15.4 Å². The first-order chi connectivity index (χ1) is 41.2. The average molecular weight is 1310 g/mol. The highest BCUT2D eigenvalue weighted by molar-refractivity contribution is 7.23. The van der Waals surface area contributed by atoms with Crippen LogP contribution in [0.2, 0.25) is 20.1 Å². The quantitative estimate of drug-likeness (QED) is 0.142. The van der Waals surface area contributed by atoms with Crippen LogP contribution in [0.3, 0.4) is 0 Å². The van der Waals surface area contributed by atoms with Gasteiger partial charge in [-0.15, -0.1) is 0 Å². The van der Waals surface area contributed by atoms with Crippen LogP contribution in [0.4, 0.5) is 60.4 Å². The first kappa shape index (κ1) is 63.1. The van der Waals surface area contributed by atoms with E-state index in [1.54, 1.807) is 41.7 Å². The zero-order chi connectivity index (χ0) is 61.4. The van der Waals surface area contributed by atoms with Crippen molar-refractivity contribution >= 4 is 169 Å². The fourth-order valence-corrected chi connectivity index (χ4v) is 13.6. The molecule has 450 valence electrons. The van der Waals surface area contributed by atoms with Gasteiger partial charge in [0.25, 0.3) is 0 Å². The van der Waals surface area contributed by atoms with E-state index < -0.39 is 11.7 Å². The molecular formula is C57H56Cl4F3N15O4S3. The van der Waals surface area contributed by atoms with Crippen LogP contribution in [0.5, 0.6) is 0 Å². The number of urea groups is 3. The number of hydrogen-bond acceptors (Lipinski definition) is 16. The molecule has 6 amide bonds. The van der Waals surface area contributed by atoms with E-state index in [2.05, 4.69) is 61.7 Å². The zero-order valence-corrected chi connectivity index (χ0v) is 52.0. The molecule has 0 radical (unpaired) electrons. The van der Waals surface area contributed by atoms with Crippen molar-refractivity contribution in [2.24, 2.45) is 0 Å². The van der Waals surface area contributed by atoms with Gasteiger partial charge in [-0.3, -0.25) is 16.0 Å². The summed E-state index contributed by atoms with van der Waals surface area (Å²) < 4.78 is 41.1. The Balaban J connectivity index is 0.000000152. The van der Waals surface area contributed by atoms with Crippen LogP contribution < -0.4 is 30.7 Å². The van der Waals surface area contributed by atoms with Crippen molar-refractivity contribution in [2.45, 2.75) is 52.0 Å². The van der Waals surface area contributed by atoms with E-state index >= 15 is 0 Å². The Bertz CT molecular complexity index is 3720. The van der Waals surface area contributed by atoms with Crippen molar-refractivity contribution in [1.29, 1.82) is 0 Å². The van der Waals surface area contributed by atoms with Gasteiger partial charge in [0.1, 0.15) is 24.2 Å². The molecule has 3 aliphatic heterocycles. The minimum Gasteiger partial charge on any atom is -0.352 e. The summed E-state index contributed by atoms with van der Waals surface area (Å²) in [5.41, 5.74) is 2.58. The molecule has 0 bridgehead atoms. The summed E-state index contributed by atoms with van der Waals surface area (Å²) in [6.45, 7) is 15.5. The number of carbonyl (C=O) groups excluding carboxylic acids is 4. The second kappa shape index (κ2) is 28.0. The van der Waals surface area contributed by atoms with E-state index in [9.17, 15) is 27.6 Å². The van der Waals surface area contributed by atoms with Crippen LogP contribution in [-0.2, 0) is 11.0 Å². The molecule has 3 atom stereocenters. The highest BCUT2D eigenvalue weighted by Crippen LogP contribution is 2.36. The number of aryl methyl sites for hydroxylation is 1. The van der Waals surface area contributed by atoms with Gasteiger partial charge in [-0.1, -0.05) is 86.5 Å². The standard InChI is InChI=1S/C19H17ClF3N5OS.C19H20ClN5OS.C18H17Cl2N5OS.CH2O/c1-11-10-27(16-13(20)3-2-6-24-16)7-8-28(11)18(29)26-17-25-14-5-4-12(19(21,22)23)9-15(14)30-17;1-12-5-6-15-16(10-12)27-18(22-15)23-19(26)25-9-8-24(11-13(25)2)17-14(20)4-3-7-21-17;1-11-10-24(16-13(20)3-2-6-21-16)7-8-25(11)18(26)23-17-22-14-5-4-12(19)9-15(14)27-17;1-2/h2-6,9,11H,7-8,10H2,1H3,(H,25,26,29);3-7,10,13H,8-9,11H2,1-2H3,(H,22,23,26);2-6,9,11H,7-8,10H2,1H3,(H,22,23,26);1H2/t11-;13-;11-;/m111./s1. The number of rotatable bonds is 6. The topological polar surface area (TPSA) is 201 Å². The number of hydrogen-bond donors (Lipinski definition) is 3. The Morgan fingerprint density at radius 3 is 1.22 bits per heavy atom. The van der Waals surface area contributed by atoms with Crippen LogP contribution in [0.25, 0.3) is 30.6 Å². The number of fused-ring (bicyclic) bond motifs is 3. The molecular weight excluding hydrogens is 1250 g/mol. The third kappa shape index (κ3) is 15.2. The number of piperazine rings is 3. The van der Waals surface area contributed by atoms with Gasteiger partial charge in [-0.05, 0) is 118 Å². The summed E-state index contributed by atoms with van der Waals surface area (Å²) in [6.07, 6.45) is 0.708. The predicted molar refractivity (Wildman–Crippen MR) is 341 cm³/mol. The van der Waals surface area contributed by atoms with Gasteiger partial charge in [0.05, 0.1) is 51.3 Å². The number of halogens is 7. The Kier molecular flexibility index (Phi) is 20.5. The van der Waals surface area contributed by atoms with Gasteiger partial charge in [-0.25, -0.2) is 44.3 Å². The monoisotopic (exact) mass is 1310 g/mol. The van der Waals surface area contributed by atoms with E-state index in [0.717, 1.165) is 55.5 Å². The van der Waals surface area contributed by atoms with Crippen LogP contribution >= 0.6 is 80.4 Å². The number of carbonyl (C=O) groups is 4. The molecule has 6 aromatic heterocycles. The van der Waals surface area contributed by atoms with Crippen LogP contribution in [-0.4, -0.2) is 147 Å². The second-order valence-electron chi connectivity index (χ2n) is 20.0. The highest BCUT2D eigenvalue weighted by Gasteiger charge is 2.34. The summed E-state index contributed by atoms with van der Waals surface area (Å²) in [7, 11) is 0. The van der Waals surface area contributed by atoms with Crippen molar-refractivity contribution in [3.8, 4) is 0 Å². The molecule has 19 nitrogen and oxygen atoms in total. The molecule has 3 fully saturated rings. The number of benzene rings is 3. The lowest BCUT2D eigenvalue weighted by Gasteiger charge is -2.40. The number of anilines is 6. The van der Waals surface area contributed by atoms with Crippen LogP contribution in [0, 0.1) is 6.92 Å². The molecule has 0 spiro atoms. The molecule has 12 rings (SSSR count). The van der Waals surface area contributed by atoms with Crippen molar-refractivity contribution in [1.82, 2.24) is 44.6 Å². The Morgan fingerprint density at radius 1 is 0.512 bits per heavy atom. The number of thiazole rings is 3. The zero-order valence-electron chi connectivity index (χ0n) is 46.6. The maximum absolute atomic E-state index is 12.9. The van der Waals surface area contributed by atoms with Gasteiger partial charge >= 0.3 is 24.3 Å². The Labute approximate surface area is 524 Å². The van der Waals surface area contributed by atoms with E-state index in [1.165, 1.54) is 34.3 Å². The molecule has 29 heteroatoms. The normalized spacial score (nSPS) is 17.0. The molecule has 0 saturated carbocycles. The number of amides is 6. The first-order valence-corrected chi connectivity index (χ1v) is 30.7. The van der Waals surface area contributed by atoms with Gasteiger partial charge in [-0.2, -0.15) is 13.2 Å².